The van der Waals surface area contributed by atoms with Crippen LogP contribution in [0.4, 0.5) is 5.69 Å². The number of hydrogen-bond acceptors (Lipinski definition) is 5. The minimum absolute atomic E-state index is 0.0252. The summed E-state index contributed by atoms with van der Waals surface area (Å²) in [6.07, 6.45) is 2.70. The van der Waals surface area contributed by atoms with Crippen molar-refractivity contribution in [3.05, 3.63) is 56.6 Å². The number of nitro benzene ring substituents is 1. The number of aliphatic hydroxyl groups excluding tert-OH is 1. The molecule has 0 saturated carbocycles. The van der Waals surface area contributed by atoms with Gasteiger partial charge in [-0.1, -0.05) is 37.1 Å². The highest BCUT2D eigenvalue weighted by molar-refractivity contribution is 6.30. The Labute approximate surface area is 162 Å². The number of non-ortho nitro benzene ring substituents is 1. The number of nitro groups is 1. The molecule has 1 heterocycles. The Balaban J connectivity index is 2.29. The fraction of sp³-hybridized carbons (Fsp3) is 0.444. The quantitative estimate of drug-likeness (QED) is 0.475. The third-order valence-corrected chi connectivity index (χ3v) is 4.41. The number of carbonyl (C=O) groups excluding carboxylic acids is 1. The van der Waals surface area contributed by atoms with Gasteiger partial charge >= 0.3 is 0 Å². The van der Waals surface area contributed by atoms with Crippen LogP contribution in [0.25, 0.3) is 0 Å². The van der Waals surface area contributed by atoms with Crippen molar-refractivity contribution in [2.75, 3.05) is 13.2 Å². The maximum atomic E-state index is 12.1. The van der Waals surface area contributed by atoms with E-state index in [9.17, 15) is 14.9 Å². The fourth-order valence-electron chi connectivity index (χ4n) is 2.70. The van der Waals surface area contributed by atoms with Gasteiger partial charge < -0.3 is 15.0 Å². The van der Waals surface area contributed by atoms with Crippen LogP contribution in [-0.4, -0.2) is 38.6 Å². The predicted octanol–water partition coefficient (Wildman–Crippen LogP) is 2.49. The first kappa shape index (κ1) is 20.9. The van der Waals surface area contributed by atoms with Gasteiger partial charge in [0.25, 0.3) is 5.69 Å². The molecule has 2 rings (SSSR count). The molecule has 0 atom stereocenters. The van der Waals surface area contributed by atoms with E-state index in [0.717, 1.165) is 30.7 Å². The number of nitrogens with one attached hydrogen (secondary N) is 1. The number of aryl methyl sites for hydroxylation is 1. The second-order valence-corrected chi connectivity index (χ2v) is 6.49. The van der Waals surface area contributed by atoms with Crippen molar-refractivity contribution in [3.8, 4) is 0 Å². The van der Waals surface area contributed by atoms with Crippen molar-refractivity contribution in [3.63, 3.8) is 0 Å². The van der Waals surface area contributed by atoms with Crippen LogP contribution in [0.15, 0.2) is 24.3 Å². The molecule has 0 fully saturated rings. The number of benzene rings is 1. The number of aliphatic hydroxyl groups is 1. The molecule has 0 unspecified atom stereocenters. The van der Waals surface area contributed by atoms with Gasteiger partial charge in [-0.3, -0.25) is 14.9 Å². The minimum atomic E-state index is -0.443. The number of rotatable bonds is 10. The van der Waals surface area contributed by atoms with Crippen molar-refractivity contribution >= 4 is 23.2 Å². The minimum Gasteiger partial charge on any atom is -0.395 e. The molecule has 27 heavy (non-hydrogen) atoms. The average Bonchev–Trinajstić information content (AvgIpc) is 2.93. The lowest BCUT2D eigenvalue weighted by molar-refractivity contribution is -0.384. The summed E-state index contributed by atoms with van der Waals surface area (Å²) in [6, 6.07) is 6.27. The zero-order valence-electron chi connectivity index (χ0n) is 15.2. The van der Waals surface area contributed by atoms with E-state index in [4.69, 9.17) is 16.7 Å². The van der Waals surface area contributed by atoms with E-state index in [1.165, 1.54) is 12.1 Å². The molecule has 146 valence electrons. The lowest BCUT2D eigenvalue weighted by atomic mass is 10.2. The third kappa shape index (κ3) is 5.77. The number of halogens is 1. The number of amides is 1. The first-order valence-electron chi connectivity index (χ1n) is 8.80. The molecule has 1 aromatic heterocycles. The van der Waals surface area contributed by atoms with Crippen LogP contribution in [0.1, 0.15) is 36.8 Å². The summed E-state index contributed by atoms with van der Waals surface area (Å²) in [5.41, 5.74) is 1.47. The molecule has 0 spiro atoms. The number of nitrogens with zero attached hydrogens (tertiary/aromatic N) is 3. The molecule has 0 saturated heterocycles. The summed E-state index contributed by atoms with van der Waals surface area (Å²) in [7, 11) is 0. The normalized spacial score (nSPS) is 10.8. The van der Waals surface area contributed by atoms with Crippen molar-refractivity contribution in [2.45, 2.75) is 39.2 Å². The summed E-state index contributed by atoms with van der Waals surface area (Å²) in [6.45, 7) is 2.53. The van der Waals surface area contributed by atoms with E-state index in [1.807, 2.05) is 4.57 Å². The number of hydrogen-bond donors (Lipinski definition) is 2. The van der Waals surface area contributed by atoms with Crippen LogP contribution in [-0.2, 0) is 24.2 Å². The van der Waals surface area contributed by atoms with Gasteiger partial charge in [-0.05, 0) is 12.0 Å². The van der Waals surface area contributed by atoms with Gasteiger partial charge in [-0.15, -0.1) is 0 Å². The number of aromatic nitrogens is 2. The molecule has 0 aliphatic carbocycles. The van der Waals surface area contributed by atoms with Crippen LogP contribution in [0.5, 0.6) is 0 Å². The van der Waals surface area contributed by atoms with Gasteiger partial charge in [-0.2, -0.15) is 0 Å². The molecule has 0 aliphatic heterocycles. The third-order valence-electron chi connectivity index (χ3n) is 4.11. The summed E-state index contributed by atoms with van der Waals surface area (Å²) in [5, 5.41) is 22.5. The molecule has 0 aliphatic rings. The predicted molar refractivity (Wildman–Crippen MR) is 102 cm³/mol. The van der Waals surface area contributed by atoms with Crippen LogP contribution >= 0.6 is 11.6 Å². The lowest BCUT2D eigenvalue weighted by Crippen LogP contribution is -2.29. The zero-order valence-corrected chi connectivity index (χ0v) is 15.9. The van der Waals surface area contributed by atoms with E-state index < -0.39 is 4.92 Å². The second-order valence-electron chi connectivity index (χ2n) is 6.13. The van der Waals surface area contributed by atoms with Gasteiger partial charge in [-0.25, -0.2) is 4.98 Å². The highest BCUT2D eigenvalue weighted by atomic mass is 35.5. The summed E-state index contributed by atoms with van der Waals surface area (Å²) < 4.78 is 1.90. The van der Waals surface area contributed by atoms with Crippen LogP contribution in [0, 0.1) is 10.1 Å². The van der Waals surface area contributed by atoms with Crippen LogP contribution < -0.4 is 5.32 Å². The average molecular weight is 395 g/mol. The zero-order chi connectivity index (χ0) is 19.8. The van der Waals surface area contributed by atoms with Crippen molar-refractivity contribution in [1.82, 2.24) is 14.9 Å². The highest BCUT2D eigenvalue weighted by Gasteiger charge is 2.19. The molecule has 1 aromatic carbocycles. The highest BCUT2D eigenvalue weighted by Crippen LogP contribution is 2.22. The topological polar surface area (TPSA) is 110 Å². The smallest absolute Gasteiger partial charge is 0.269 e. The molecule has 8 nitrogen and oxygen atoms in total. The summed E-state index contributed by atoms with van der Waals surface area (Å²) >= 11 is 6.29. The molecule has 1 amide bonds. The SMILES string of the molecule is CCCCc1nc(Cl)c(CC(=O)NCCO)n1Cc1ccc([N+](=O)[O-])cc1. The Morgan fingerprint density at radius 1 is 1.37 bits per heavy atom. The first-order valence-corrected chi connectivity index (χ1v) is 9.18. The van der Waals surface area contributed by atoms with Gasteiger partial charge in [0.05, 0.1) is 23.6 Å². The van der Waals surface area contributed by atoms with E-state index in [1.54, 1.807) is 12.1 Å². The van der Waals surface area contributed by atoms with E-state index in [0.29, 0.717) is 12.2 Å². The van der Waals surface area contributed by atoms with E-state index in [2.05, 4.69) is 17.2 Å². The van der Waals surface area contributed by atoms with Gasteiger partial charge in [0.1, 0.15) is 5.82 Å². The Hall–Kier alpha value is -2.45. The van der Waals surface area contributed by atoms with Crippen LogP contribution in [0.3, 0.4) is 0 Å². The Kier molecular flexibility index (Phi) is 7.75. The Bertz CT molecular complexity index is 789. The van der Waals surface area contributed by atoms with Crippen molar-refractivity contribution < 1.29 is 14.8 Å². The molecule has 0 radical (unpaired) electrons. The number of imidazole rings is 1. The van der Waals surface area contributed by atoms with Crippen LogP contribution in [0.2, 0.25) is 5.15 Å². The molecule has 2 N–H and O–H groups in total. The summed E-state index contributed by atoms with van der Waals surface area (Å²) in [5.74, 6) is 0.531. The van der Waals surface area contributed by atoms with Gasteiger partial charge in [0.15, 0.2) is 5.15 Å². The molecular formula is C18H23ClN4O4. The van der Waals surface area contributed by atoms with Gasteiger partial charge in [0, 0.05) is 31.6 Å². The molecule has 9 heteroatoms. The number of carbonyl (C=O) groups is 1. The maximum Gasteiger partial charge on any atom is 0.269 e. The fourth-order valence-corrected chi connectivity index (χ4v) is 2.97. The monoisotopic (exact) mass is 394 g/mol. The second kappa shape index (κ2) is 10.0. The largest absolute Gasteiger partial charge is 0.395 e. The molecule has 0 bridgehead atoms. The van der Waals surface area contributed by atoms with Gasteiger partial charge in [0.2, 0.25) is 5.91 Å². The Morgan fingerprint density at radius 2 is 2.07 bits per heavy atom. The van der Waals surface area contributed by atoms with E-state index >= 15 is 0 Å². The Morgan fingerprint density at radius 3 is 2.67 bits per heavy atom. The lowest BCUT2D eigenvalue weighted by Gasteiger charge is -2.12. The van der Waals surface area contributed by atoms with E-state index in [-0.39, 0.29) is 36.3 Å². The summed E-state index contributed by atoms with van der Waals surface area (Å²) in [4.78, 5) is 26.9. The molecule has 2 aromatic rings. The van der Waals surface area contributed by atoms with Crippen molar-refractivity contribution in [1.29, 1.82) is 0 Å². The van der Waals surface area contributed by atoms with Crippen molar-refractivity contribution in [2.24, 2.45) is 0 Å². The molecular weight excluding hydrogens is 372 g/mol. The first-order chi connectivity index (χ1) is 13.0. The standard InChI is InChI=1S/C18H23ClN4O4/c1-2-3-4-16-21-18(19)15(11-17(25)20-9-10-24)22(16)12-13-5-7-14(8-6-13)23(26)27/h5-8,24H,2-4,9-12H2,1H3,(H,20,25). The number of unbranched alkanes of at least 4 members (excludes halogenated alkanes) is 1. The maximum absolute atomic E-state index is 12.1.